The fourth-order valence-corrected chi connectivity index (χ4v) is 0.318. The molecule has 0 spiro atoms. The molecule has 0 amide bonds. The number of rotatable bonds is 0. The van der Waals surface area contributed by atoms with Crippen molar-refractivity contribution in [2.75, 3.05) is 5.73 Å². The molecule has 0 fully saturated rings. The van der Waals surface area contributed by atoms with Crippen molar-refractivity contribution in [3.63, 3.8) is 0 Å². The summed E-state index contributed by atoms with van der Waals surface area (Å²) in [6.45, 7) is 0. The van der Waals surface area contributed by atoms with Crippen LogP contribution in [0.25, 0.3) is 0 Å². The van der Waals surface area contributed by atoms with Crippen molar-refractivity contribution in [1.82, 2.24) is 15.0 Å². The minimum absolute atomic E-state index is 0. The Labute approximate surface area is 56.7 Å². The Kier molecular flexibility index (Phi) is 2.66. The SMILES string of the molecule is Cl.Nc1ncnc(=O)[nH]1. The number of aromatic nitrogens is 3. The standard InChI is InChI=1S/C3H4N4O.ClH/c4-2-5-1-6-3(8)7-2;/h1H,(H3,4,5,6,7,8);1H. The van der Waals surface area contributed by atoms with Crippen molar-refractivity contribution in [1.29, 1.82) is 0 Å². The Bertz CT molecular complexity index is 233. The van der Waals surface area contributed by atoms with Gasteiger partial charge in [-0.05, 0) is 0 Å². The van der Waals surface area contributed by atoms with Crippen LogP contribution in [0, 0.1) is 0 Å². The number of nitrogen functional groups attached to an aromatic ring is 1. The summed E-state index contributed by atoms with van der Waals surface area (Å²) in [5.74, 6) is 0.0880. The summed E-state index contributed by atoms with van der Waals surface area (Å²) in [6, 6.07) is 0. The highest BCUT2D eigenvalue weighted by Gasteiger charge is 1.82. The Hall–Kier alpha value is -1.10. The van der Waals surface area contributed by atoms with E-state index in [1.165, 1.54) is 0 Å². The molecule has 3 N–H and O–H groups in total. The van der Waals surface area contributed by atoms with Crippen LogP contribution in [0.4, 0.5) is 5.95 Å². The number of H-pyrrole nitrogens is 1. The average Bonchev–Trinajstić information content (AvgIpc) is 1.64. The van der Waals surface area contributed by atoms with E-state index in [9.17, 15) is 4.79 Å². The summed E-state index contributed by atoms with van der Waals surface area (Å²) in [6.07, 6.45) is 1.11. The van der Waals surface area contributed by atoms with Crippen molar-refractivity contribution in [3.8, 4) is 0 Å². The van der Waals surface area contributed by atoms with Crippen LogP contribution in [0.5, 0.6) is 0 Å². The average molecular weight is 149 g/mol. The molecule has 0 aliphatic carbocycles. The molecule has 0 atom stereocenters. The van der Waals surface area contributed by atoms with Gasteiger partial charge in [-0.25, -0.2) is 9.78 Å². The second kappa shape index (κ2) is 3.03. The van der Waals surface area contributed by atoms with E-state index in [2.05, 4.69) is 15.0 Å². The highest BCUT2D eigenvalue weighted by Crippen LogP contribution is 1.73. The van der Waals surface area contributed by atoms with Gasteiger partial charge in [0.1, 0.15) is 6.33 Å². The zero-order chi connectivity index (χ0) is 5.98. The van der Waals surface area contributed by atoms with E-state index in [-0.39, 0.29) is 18.4 Å². The van der Waals surface area contributed by atoms with Crippen LogP contribution >= 0.6 is 12.4 Å². The smallest absolute Gasteiger partial charge is 0.349 e. The van der Waals surface area contributed by atoms with Crippen LogP contribution in [0.1, 0.15) is 0 Å². The number of hydrogen-bond acceptors (Lipinski definition) is 4. The molecular formula is C3H5ClN4O. The molecule has 0 aliphatic rings. The summed E-state index contributed by atoms with van der Waals surface area (Å²) in [7, 11) is 0. The van der Waals surface area contributed by atoms with E-state index < -0.39 is 5.69 Å². The van der Waals surface area contributed by atoms with Crippen molar-refractivity contribution in [3.05, 3.63) is 16.8 Å². The van der Waals surface area contributed by atoms with Gasteiger partial charge in [0.25, 0.3) is 0 Å². The molecule has 0 bridgehead atoms. The summed E-state index contributed by atoms with van der Waals surface area (Å²) in [4.78, 5) is 19.1. The molecule has 1 rings (SSSR count). The first-order chi connectivity index (χ1) is 3.79. The van der Waals surface area contributed by atoms with Gasteiger partial charge >= 0.3 is 5.69 Å². The maximum Gasteiger partial charge on any atom is 0.349 e. The summed E-state index contributed by atoms with van der Waals surface area (Å²) in [5.41, 5.74) is 4.58. The third kappa shape index (κ3) is 2.09. The maximum absolute atomic E-state index is 10.2. The first kappa shape index (κ1) is 7.90. The van der Waals surface area contributed by atoms with Crippen molar-refractivity contribution in [2.45, 2.75) is 0 Å². The molecule has 9 heavy (non-hydrogen) atoms. The largest absolute Gasteiger partial charge is 0.369 e. The van der Waals surface area contributed by atoms with E-state index in [0.29, 0.717) is 0 Å². The topological polar surface area (TPSA) is 84.7 Å². The highest BCUT2D eigenvalue weighted by molar-refractivity contribution is 5.85. The second-order valence-corrected chi connectivity index (χ2v) is 1.19. The van der Waals surface area contributed by atoms with E-state index in [1.807, 2.05) is 0 Å². The first-order valence-electron chi connectivity index (χ1n) is 1.96. The van der Waals surface area contributed by atoms with Gasteiger partial charge < -0.3 is 5.73 Å². The molecule has 0 aromatic carbocycles. The van der Waals surface area contributed by atoms with Gasteiger partial charge in [-0.15, -0.1) is 12.4 Å². The fourth-order valence-electron chi connectivity index (χ4n) is 0.318. The number of hydrogen-bond donors (Lipinski definition) is 2. The maximum atomic E-state index is 10.2. The summed E-state index contributed by atoms with van der Waals surface area (Å²) in [5, 5.41) is 0. The Morgan fingerprint density at radius 3 is 2.56 bits per heavy atom. The zero-order valence-corrected chi connectivity index (χ0v) is 5.18. The quantitative estimate of drug-likeness (QED) is 0.503. The van der Waals surface area contributed by atoms with Crippen LogP contribution in [0.15, 0.2) is 11.1 Å². The lowest BCUT2D eigenvalue weighted by Crippen LogP contribution is -2.12. The normalized spacial score (nSPS) is 8.00. The highest BCUT2D eigenvalue weighted by atomic mass is 35.5. The van der Waals surface area contributed by atoms with Crippen LogP contribution in [0.3, 0.4) is 0 Å². The zero-order valence-electron chi connectivity index (χ0n) is 4.37. The molecule has 5 nitrogen and oxygen atoms in total. The number of anilines is 1. The number of halogens is 1. The molecular weight excluding hydrogens is 144 g/mol. The first-order valence-corrected chi connectivity index (χ1v) is 1.96. The van der Waals surface area contributed by atoms with E-state index in [0.717, 1.165) is 6.33 Å². The Morgan fingerprint density at radius 2 is 2.22 bits per heavy atom. The summed E-state index contributed by atoms with van der Waals surface area (Å²) < 4.78 is 0. The number of nitrogens with two attached hydrogens (primary N) is 1. The Morgan fingerprint density at radius 1 is 1.56 bits per heavy atom. The van der Waals surface area contributed by atoms with E-state index in [1.54, 1.807) is 0 Å². The van der Waals surface area contributed by atoms with Gasteiger partial charge in [0.15, 0.2) is 0 Å². The van der Waals surface area contributed by atoms with Crippen molar-refractivity contribution >= 4 is 18.4 Å². The molecule has 0 radical (unpaired) electrons. The lowest BCUT2D eigenvalue weighted by atomic mass is 11.0. The fraction of sp³-hybridized carbons (Fsp3) is 0. The summed E-state index contributed by atoms with van der Waals surface area (Å²) >= 11 is 0. The van der Waals surface area contributed by atoms with Crippen LogP contribution < -0.4 is 11.4 Å². The van der Waals surface area contributed by atoms with Crippen LogP contribution in [0.2, 0.25) is 0 Å². The minimum atomic E-state index is -0.475. The predicted octanol–water partition coefficient (Wildman–Crippen LogP) is -0.831. The molecule has 0 saturated heterocycles. The molecule has 0 saturated carbocycles. The monoisotopic (exact) mass is 148 g/mol. The molecule has 1 aromatic heterocycles. The van der Waals surface area contributed by atoms with Crippen molar-refractivity contribution in [2.24, 2.45) is 0 Å². The van der Waals surface area contributed by atoms with Gasteiger partial charge in [-0.1, -0.05) is 0 Å². The molecule has 0 unspecified atom stereocenters. The molecule has 1 aromatic rings. The van der Waals surface area contributed by atoms with E-state index in [4.69, 9.17) is 5.73 Å². The predicted molar refractivity (Wildman–Crippen MR) is 34.3 cm³/mol. The minimum Gasteiger partial charge on any atom is -0.369 e. The molecule has 1 heterocycles. The van der Waals surface area contributed by atoms with Gasteiger partial charge in [0.2, 0.25) is 5.95 Å². The third-order valence-corrected chi connectivity index (χ3v) is 0.607. The number of nitrogens with zero attached hydrogens (tertiary/aromatic N) is 2. The second-order valence-electron chi connectivity index (χ2n) is 1.19. The molecule has 50 valence electrons. The lowest BCUT2D eigenvalue weighted by molar-refractivity contribution is 1.000. The van der Waals surface area contributed by atoms with E-state index >= 15 is 0 Å². The molecule has 6 heteroatoms. The van der Waals surface area contributed by atoms with Gasteiger partial charge in [0.05, 0.1) is 0 Å². The van der Waals surface area contributed by atoms with Gasteiger partial charge in [-0.2, -0.15) is 4.98 Å². The lowest BCUT2D eigenvalue weighted by Gasteiger charge is -1.83. The number of aromatic amines is 1. The number of nitrogens with one attached hydrogen (secondary N) is 1. The van der Waals surface area contributed by atoms with Crippen LogP contribution in [-0.2, 0) is 0 Å². The third-order valence-electron chi connectivity index (χ3n) is 0.607. The van der Waals surface area contributed by atoms with Gasteiger partial charge in [0, 0.05) is 0 Å². The van der Waals surface area contributed by atoms with Crippen molar-refractivity contribution < 1.29 is 0 Å². The van der Waals surface area contributed by atoms with Crippen LogP contribution in [-0.4, -0.2) is 15.0 Å². The molecule has 0 aliphatic heterocycles. The Balaban J connectivity index is 0.000000640. The van der Waals surface area contributed by atoms with Gasteiger partial charge in [-0.3, -0.25) is 4.98 Å².